The fraction of sp³-hybridized carbons (Fsp3) is 0.385. The number of methoxy groups -OCH3 is 1. The van der Waals surface area contributed by atoms with Gasteiger partial charge in [0, 0.05) is 4.47 Å². The molecule has 1 heterocycles. The quantitative estimate of drug-likeness (QED) is 0.750. The zero-order chi connectivity index (χ0) is 16.0. The molecule has 1 aliphatic rings. The molecule has 1 aromatic carbocycles. The second kappa shape index (κ2) is 5.10. The largest absolute Gasteiger partial charge is 0.465 e. The Balaban J connectivity index is 2.27. The van der Waals surface area contributed by atoms with E-state index >= 15 is 0 Å². The smallest absolute Gasteiger partial charge is 0.337 e. The van der Waals surface area contributed by atoms with E-state index in [9.17, 15) is 18.0 Å². The number of nitrogens with zero attached hydrogens (tertiary/aromatic N) is 1. The molecule has 0 aliphatic carbocycles. The van der Waals surface area contributed by atoms with E-state index in [1.807, 2.05) is 0 Å². The fourth-order valence-electron chi connectivity index (χ4n) is 1.99. The van der Waals surface area contributed by atoms with Gasteiger partial charge in [-0.3, -0.25) is 4.79 Å². The second-order valence-electron chi connectivity index (χ2n) is 5.12. The maximum atomic E-state index is 12.0. The van der Waals surface area contributed by atoms with Gasteiger partial charge in [-0.2, -0.15) is 0 Å². The third kappa shape index (κ3) is 2.36. The molecule has 0 atom stereocenters. The predicted octanol–water partition coefficient (Wildman–Crippen LogP) is 1.69. The van der Waals surface area contributed by atoms with E-state index in [0.717, 1.165) is 4.31 Å². The zero-order valence-electron chi connectivity index (χ0n) is 11.7. The molecule has 0 radical (unpaired) electrons. The molecule has 0 bridgehead atoms. The van der Waals surface area contributed by atoms with Gasteiger partial charge in [0.15, 0.2) is 4.75 Å². The van der Waals surface area contributed by atoms with E-state index in [0.29, 0.717) is 15.6 Å². The first-order chi connectivity index (χ1) is 9.62. The Bertz CT molecular complexity index is 726. The van der Waals surface area contributed by atoms with Crippen molar-refractivity contribution >= 4 is 37.8 Å². The molecule has 0 unspecified atom stereocenters. The number of amides is 1. The van der Waals surface area contributed by atoms with E-state index in [1.54, 1.807) is 6.07 Å². The molecule has 8 heteroatoms. The molecule has 1 aliphatic heterocycles. The summed E-state index contributed by atoms with van der Waals surface area (Å²) in [6, 6.07) is 4.64. The Morgan fingerprint density at radius 2 is 2.00 bits per heavy atom. The second-order valence-corrected chi connectivity index (χ2v) is 8.39. The van der Waals surface area contributed by atoms with Crippen molar-refractivity contribution in [1.29, 1.82) is 0 Å². The minimum atomic E-state index is -3.62. The van der Waals surface area contributed by atoms with Crippen LogP contribution in [-0.4, -0.2) is 36.5 Å². The van der Waals surface area contributed by atoms with Crippen molar-refractivity contribution in [2.75, 3.05) is 7.11 Å². The Labute approximate surface area is 131 Å². The number of carbonyl (C=O) groups is 2. The molecular weight excluding hydrogens is 362 g/mol. The number of benzene rings is 1. The Hall–Kier alpha value is -1.41. The lowest BCUT2D eigenvalue weighted by molar-refractivity contribution is -0.132. The zero-order valence-corrected chi connectivity index (χ0v) is 14.1. The third-order valence-electron chi connectivity index (χ3n) is 3.46. The van der Waals surface area contributed by atoms with E-state index in [-0.39, 0.29) is 6.54 Å². The number of sulfonamides is 1. The first kappa shape index (κ1) is 16.0. The van der Waals surface area contributed by atoms with Gasteiger partial charge in [0.05, 0.1) is 19.2 Å². The highest BCUT2D eigenvalue weighted by Crippen LogP contribution is 2.37. The lowest BCUT2D eigenvalue weighted by Crippen LogP contribution is -2.66. The van der Waals surface area contributed by atoms with E-state index < -0.39 is 26.6 Å². The van der Waals surface area contributed by atoms with Crippen LogP contribution in [0.5, 0.6) is 0 Å². The third-order valence-corrected chi connectivity index (χ3v) is 6.54. The van der Waals surface area contributed by atoms with Crippen LogP contribution in [0.15, 0.2) is 22.7 Å². The van der Waals surface area contributed by atoms with Crippen LogP contribution >= 0.6 is 15.9 Å². The highest BCUT2D eigenvalue weighted by molar-refractivity contribution is 9.10. The average molecular weight is 376 g/mol. The van der Waals surface area contributed by atoms with Gasteiger partial charge in [-0.05, 0) is 31.5 Å². The Kier molecular flexibility index (Phi) is 3.88. The van der Waals surface area contributed by atoms with Gasteiger partial charge in [0.2, 0.25) is 0 Å². The van der Waals surface area contributed by atoms with Crippen molar-refractivity contribution < 1.29 is 22.7 Å². The van der Waals surface area contributed by atoms with Crippen molar-refractivity contribution in [3.63, 3.8) is 0 Å². The summed E-state index contributed by atoms with van der Waals surface area (Å²) in [6.07, 6.45) is 0. The first-order valence-corrected chi connectivity index (χ1v) is 8.29. The summed E-state index contributed by atoms with van der Waals surface area (Å²) in [7, 11) is -2.35. The monoisotopic (exact) mass is 375 g/mol. The molecule has 0 spiro atoms. The van der Waals surface area contributed by atoms with Crippen LogP contribution in [0.25, 0.3) is 0 Å². The van der Waals surface area contributed by atoms with Gasteiger partial charge in [-0.25, -0.2) is 17.5 Å². The van der Waals surface area contributed by atoms with E-state index in [2.05, 4.69) is 20.7 Å². The summed E-state index contributed by atoms with van der Waals surface area (Å²) in [4.78, 5) is 23.3. The number of ether oxygens (including phenoxy) is 1. The number of rotatable bonds is 3. The molecule has 1 saturated heterocycles. The number of halogens is 1. The maximum absolute atomic E-state index is 12.0. The summed E-state index contributed by atoms with van der Waals surface area (Å²) in [5, 5.41) is 0. The molecule has 1 aromatic rings. The molecule has 114 valence electrons. The summed E-state index contributed by atoms with van der Waals surface area (Å²) in [5.74, 6) is -0.928. The Morgan fingerprint density at radius 1 is 1.38 bits per heavy atom. The number of hydrogen-bond acceptors (Lipinski definition) is 5. The van der Waals surface area contributed by atoms with Gasteiger partial charge < -0.3 is 4.74 Å². The van der Waals surface area contributed by atoms with E-state index in [4.69, 9.17) is 0 Å². The van der Waals surface area contributed by atoms with Crippen molar-refractivity contribution in [2.24, 2.45) is 0 Å². The van der Waals surface area contributed by atoms with E-state index in [1.165, 1.54) is 33.1 Å². The van der Waals surface area contributed by atoms with Gasteiger partial charge in [-0.1, -0.05) is 22.0 Å². The SMILES string of the molecule is COC(=O)c1ccc(CN2C(=O)C(C)(C)S2(=O)=O)c(Br)c1. The molecular formula is C13H14BrNO5S. The summed E-state index contributed by atoms with van der Waals surface area (Å²) < 4.78 is 28.7. The lowest BCUT2D eigenvalue weighted by Gasteiger charge is -2.43. The molecule has 0 aromatic heterocycles. The number of hydrogen-bond donors (Lipinski definition) is 0. The molecule has 2 rings (SSSR count). The predicted molar refractivity (Wildman–Crippen MR) is 79.0 cm³/mol. The van der Waals surface area contributed by atoms with Crippen molar-refractivity contribution in [1.82, 2.24) is 4.31 Å². The summed E-state index contributed by atoms with van der Waals surface area (Å²) in [6.45, 7) is 2.71. The number of esters is 1. The first-order valence-electron chi connectivity index (χ1n) is 6.06. The highest BCUT2D eigenvalue weighted by Gasteiger charge is 2.59. The average Bonchev–Trinajstić information content (AvgIpc) is 2.43. The summed E-state index contributed by atoms with van der Waals surface area (Å²) >= 11 is 3.27. The van der Waals surface area contributed by atoms with Crippen molar-refractivity contribution in [3.05, 3.63) is 33.8 Å². The minimum Gasteiger partial charge on any atom is -0.465 e. The minimum absolute atomic E-state index is 0.0629. The van der Waals surface area contributed by atoms with Gasteiger partial charge in [0.25, 0.3) is 15.9 Å². The molecule has 0 saturated carbocycles. The molecule has 0 N–H and O–H groups in total. The van der Waals surface area contributed by atoms with Crippen LogP contribution in [-0.2, 0) is 26.1 Å². The van der Waals surface area contributed by atoms with Crippen LogP contribution < -0.4 is 0 Å². The summed E-state index contributed by atoms with van der Waals surface area (Å²) in [5.41, 5.74) is 0.932. The van der Waals surface area contributed by atoms with Gasteiger partial charge in [0.1, 0.15) is 0 Å². The normalized spacial score (nSPS) is 19.0. The van der Waals surface area contributed by atoms with Crippen LogP contribution in [0.2, 0.25) is 0 Å². The topological polar surface area (TPSA) is 80.8 Å². The van der Waals surface area contributed by atoms with Crippen LogP contribution in [0.4, 0.5) is 0 Å². The van der Waals surface area contributed by atoms with Crippen LogP contribution in [0.1, 0.15) is 29.8 Å². The molecule has 1 amide bonds. The van der Waals surface area contributed by atoms with Crippen LogP contribution in [0, 0.1) is 0 Å². The highest BCUT2D eigenvalue weighted by atomic mass is 79.9. The number of carbonyl (C=O) groups excluding carboxylic acids is 2. The Morgan fingerprint density at radius 3 is 2.48 bits per heavy atom. The fourth-order valence-corrected chi connectivity index (χ4v) is 4.00. The maximum Gasteiger partial charge on any atom is 0.337 e. The molecule has 6 nitrogen and oxygen atoms in total. The van der Waals surface area contributed by atoms with Gasteiger partial charge in [-0.15, -0.1) is 0 Å². The lowest BCUT2D eigenvalue weighted by atomic mass is 10.1. The van der Waals surface area contributed by atoms with Crippen molar-refractivity contribution in [3.8, 4) is 0 Å². The molecule has 1 fully saturated rings. The standard InChI is InChI=1S/C13H14BrNO5S/c1-13(2)12(17)15(21(13,18)19)7-9-5-4-8(6-10(9)14)11(16)20-3/h4-6H,7H2,1-3H3. The van der Waals surface area contributed by atoms with Crippen LogP contribution in [0.3, 0.4) is 0 Å². The molecule has 21 heavy (non-hydrogen) atoms. The van der Waals surface area contributed by atoms with Crippen molar-refractivity contribution in [2.45, 2.75) is 25.1 Å². The van der Waals surface area contributed by atoms with Gasteiger partial charge >= 0.3 is 5.97 Å².